The largest absolute Gasteiger partial charge is 0.297 e. The Kier molecular flexibility index (Phi) is 3.85. The van der Waals surface area contributed by atoms with Gasteiger partial charge >= 0.3 is 0 Å². The number of fused-ring (bicyclic) bond motifs is 2. The smallest absolute Gasteiger partial charge is 0.214 e. The molecule has 2 aromatic carbocycles. The van der Waals surface area contributed by atoms with E-state index in [9.17, 15) is 4.79 Å². The highest BCUT2D eigenvalue weighted by atomic mass is 16.1. The zero-order valence-electron chi connectivity index (χ0n) is 15.0. The Morgan fingerprint density at radius 2 is 1.59 bits per heavy atom. The molecule has 5 rings (SSSR count). The average molecular weight is 356 g/mol. The summed E-state index contributed by atoms with van der Waals surface area (Å²) >= 11 is 0. The van der Waals surface area contributed by atoms with Gasteiger partial charge in [0, 0.05) is 16.9 Å². The number of rotatable bonds is 3. The molecule has 1 aliphatic carbocycles. The molecule has 0 N–H and O–H groups in total. The van der Waals surface area contributed by atoms with Gasteiger partial charge in [0.05, 0.1) is 6.54 Å². The molecule has 27 heavy (non-hydrogen) atoms. The van der Waals surface area contributed by atoms with Crippen LogP contribution in [0.3, 0.4) is 0 Å². The Balaban J connectivity index is 1.82. The molecule has 2 aromatic heterocycles. The normalized spacial score (nSPS) is 13.6. The van der Waals surface area contributed by atoms with Crippen molar-refractivity contribution >= 4 is 11.2 Å². The van der Waals surface area contributed by atoms with Crippen LogP contribution in [0.5, 0.6) is 0 Å². The van der Waals surface area contributed by atoms with E-state index in [0.717, 1.165) is 53.8 Å². The van der Waals surface area contributed by atoms with Crippen molar-refractivity contribution in [3.05, 3.63) is 87.7 Å². The fraction of sp³-hybridized carbons (Fsp3) is 0.227. The summed E-state index contributed by atoms with van der Waals surface area (Å²) in [4.78, 5) is 13.1. The summed E-state index contributed by atoms with van der Waals surface area (Å²) in [7, 11) is 0. The number of benzene rings is 2. The molecule has 4 aromatic rings. The van der Waals surface area contributed by atoms with E-state index in [-0.39, 0.29) is 5.43 Å². The first-order chi connectivity index (χ1) is 13.3. The second-order valence-electron chi connectivity index (χ2n) is 7.04. The lowest BCUT2D eigenvalue weighted by Gasteiger charge is -2.22. The van der Waals surface area contributed by atoms with Gasteiger partial charge in [0.1, 0.15) is 0 Å². The molecule has 0 saturated carbocycles. The lowest BCUT2D eigenvalue weighted by atomic mass is 9.94. The molecule has 0 aliphatic heterocycles. The molecule has 0 saturated heterocycles. The zero-order valence-corrected chi connectivity index (χ0v) is 15.0. The molecule has 5 heteroatoms. The molecule has 1 aliphatic rings. The van der Waals surface area contributed by atoms with Crippen molar-refractivity contribution in [3.8, 4) is 5.69 Å². The third kappa shape index (κ3) is 2.67. The minimum atomic E-state index is 0.0474. The predicted molar refractivity (Wildman–Crippen MR) is 105 cm³/mol. The molecule has 0 bridgehead atoms. The van der Waals surface area contributed by atoms with Crippen molar-refractivity contribution in [1.82, 2.24) is 19.6 Å². The van der Waals surface area contributed by atoms with Crippen molar-refractivity contribution in [2.24, 2.45) is 0 Å². The Bertz CT molecular complexity index is 1160. The first-order valence-electron chi connectivity index (χ1n) is 9.42. The van der Waals surface area contributed by atoms with Crippen molar-refractivity contribution in [3.63, 3.8) is 0 Å². The first kappa shape index (κ1) is 16.0. The van der Waals surface area contributed by atoms with Crippen molar-refractivity contribution in [2.75, 3.05) is 0 Å². The van der Waals surface area contributed by atoms with Crippen molar-refractivity contribution in [1.29, 1.82) is 0 Å². The van der Waals surface area contributed by atoms with Gasteiger partial charge in [0.25, 0.3) is 0 Å². The van der Waals surface area contributed by atoms with Crippen LogP contribution in [0.15, 0.2) is 65.5 Å². The van der Waals surface area contributed by atoms with E-state index in [0.29, 0.717) is 12.1 Å². The van der Waals surface area contributed by atoms with E-state index in [1.54, 1.807) is 0 Å². The minimum absolute atomic E-state index is 0.0474. The third-order valence-corrected chi connectivity index (χ3v) is 5.31. The van der Waals surface area contributed by atoms with Crippen LogP contribution in [0.25, 0.3) is 16.9 Å². The summed E-state index contributed by atoms with van der Waals surface area (Å²) in [6.07, 6.45) is 3.89. The van der Waals surface area contributed by atoms with Gasteiger partial charge in [-0.3, -0.25) is 9.36 Å². The van der Waals surface area contributed by atoms with E-state index >= 15 is 0 Å². The SMILES string of the molecule is O=c1c2c(n(-c3ccccc3)c3c1nnn3Cc1ccccc1)CCCC2. The minimum Gasteiger partial charge on any atom is -0.297 e. The molecule has 0 fully saturated rings. The highest BCUT2D eigenvalue weighted by molar-refractivity contribution is 5.75. The van der Waals surface area contributed by atoms with Gasteiger partial charge in [0.15, 0.2) is 11.2 Å². The van der Waals surface area contributed by atoms with Crippen LogP contribution in [0.2, 0.25) is 0 Å². The predicted octanol–water partition coefficient (Wildman–Crippen LogP) is 3.51. The molecule has 0 spiro atoms. The number of hydrogen-bond donors (Lipinski definition) is 0. The lowest BCUT2D eigenvalue weighted by molar-refractivity contribution is 0.632. The van der Waals surface area contributed by atoms with Gasteiger partial charge in [-0.15, -0.1) is 5.10 Å². The van der Waals surface area contributed by atoms with E-state index in [1.807, 2.05) is 41.1 Å². The Morgan fingerprint density at radius 3 is 2.37 bits per heavy atom. The van der Waals surface area contributed by atoms with Gasteiger partial charge < -0.3 is 0 Å². The van der Waals surface area contributed by atoms with Crippen LogP contribution in [-0.4, -0.2) is 19.6 Å². The van der Waals surface area contributed by atoms with Crippen LogP contribution in [0, 0.1) is 0 Å². The highest BCUT2D eigenvalue weighted by Gasteiger charge is 2.24. The number of aromatic nitrogens is 4. The monoisotopic (exact) mass is 356 g/mol. The molecular weight excluding hydrogens is 336 g/mol. The fourth-order valence-electron chi connectivity index (χ4n) is 4.05. The van der Waals surface area contributed by atoms with E-state index in [1.165, 1.54) is 0 Å². The van der Waals surface area contributed by atoms with Crippen molar-refractivity contribution < 1.29 is 0 Å². The zero-order chi connectivity index (χ0) is 18.2. The number of pyridine rings is 1. The molecule has 5 nitrogen and oxygen atoms in total. The maximum atomic E-state index is 13.1. The van der Waals surface area contributed by atoms with Gasteiger partial charge in [-0.05, 0) is 43.4 Å². The van der Waals surface area contributed by atoms with Crippen LogP contribution in [-0.2, 0) is 19.4 Å². The maximum Gasteiger partial charge on any atom is 0.214 e. The fourth-order valence-corrected chi connectivity index (χ4v) is 4.05. The number of hydrogen-bond acceptors (Lipinski definition) is 3. The Morgan fingerprint density at radius 1 is 0.889 bits per heavy atom. The topological polar surface area (TPSA) is 52.7 Å². The molecule has 2 heterocycles. The molecular formula is C22H20N4O. The number of para-hydroxylation sites is 1. The maximum absolute atomic E-state index is 13.1. The summed E-state index contributed by atoms with van der Waals surface area (Å²) in [5, 5.41) is 8.64. The molecule has 0 atom stereocenters. The standard InChI is InChI=1S/C22H20N4O/c27-21-18-13-7-8-14-19(18)26(17-11-5-2-6-12-17)22-20(21)23-24-25(22)15-16-9-3-1-4-10-16/h1-6,9-12H,7-8,13-15H2. The summed E-state index contributed by atoms with van der Waals surface area (Å²) < 4.78 is 4.06. The second kappa shape index (κ2) is 6.50. The Hall–Kier alpha value is -3.21. The lowest BCUT2D eigenvalue weighted by Crippen LogP contribution is -2.24. The highest BCUT2D eigenvalue weighted by Crippen LogP contribution is 2.26. The van der Waals surface area contributed by atoms with Crippen LogP contribution in [0.4, 0.5) is 0 Å². The molecule has 0 unspecified atom stereocenters. The molecule has 0 amide bonds. The van der Waals surface area contributed by atoms with Crippen LogP contribution in [0.1, 0.15) is 29.7 Å². The van der Waals surface area contributed by atoms with Gasteiger partial charge in [-0.25, -0.2) is 4.68 Å². The molecule has 0 radical (unpaired) electrons. The Labute approximate surface area is 156 Å². The summed E-state index contributed by atoms with van der Waals surface area (Å²) in [6.45, 7) is 0.586. The van der Waals surface area contributed by atoms with E-state index in [2.05, 4.69) is 39.1 Å². The summed E-state index contributed by atoms with van der Waals surface area (Å²) in [5.41, 5.74) is 5.51. The van der Waals surface area contributed by atoms with Gasteiger partial charge in [-0.1, -0.05) is 53.7 Å². The van der Waals surface area contributed by atoms with Gasteiger partial charge in [-0.2, -0.15) is 0 Å². The van der Waals surface area contributed by atoms with Crippen LogP contribution >= 0.6 is 0 Å². The third-order valence-electron chi connectivity index (χ3n) is 5.31. The first-order valence-corrected chi connectivity index (χ1v) is 9.42. The average Bonchev–Trinajstić information content (AvgIpc) is 3.14. The van der Waals surface area contributed by atoms with E-state index < -0.39 is 0 Å². The van der Waals surface area contributed by atoms with Crippen LogP contribution < -0.4 is 5.43 Å². The van der Waals surface area contributed by atoms with E-state index in [4.69, 9.17) is 0 Å². The van der Waals surface area contributed by atoms with Crippen molar-refractivity contribution in [2.45, 2.75) is 32.2 Å². The number of nitrogens with zero attached hydrogens (tertiary/aromatic N) is 4. The second-order valence-corrected chi connectivity index (χ2v) is 7.04. The molecule has 134 valence electrons. The quantitative estimate of drug-likeness (QED) is 0.564. The summed E-state index contributed by atoms with van der Waals surface area (Å²) in [5.74, 6) is 0. The van der Waals surface area contributed by atoms with Gasteiger partial charge in [0.2, 0.25) is 5.43 Å². The summed E-state index contributed by atoms with van der Waals surface area (Å²) in [6, 6.07) is 20.4.